The molecule has 0 aromatic heterocycles. The summed E-state index contributed by atoms with van der Waals surface area (Å²) < 4.78 is 24.9. The van der Waals surface area contributed by atoms with Gasteiger partial charge >= 0.3 is 0 Å². The van der Waals surface area contributed by atoms with Gasteiger partial charge in [-0.15, -0.1) is 0 Å². The first-order valence-corrected chi connectivity index (χ1v) is 7.40. The van der Waals surface area contributed by atoms with Crippen LogP contribution in [0.4, 0.5) is 0 Å². The van der Waals surface area contributed by atoms with E-state index in [1.165, 1.54) is 0 Å². The average Bonchev–Trinajstić information content (AvgIpc) is 2.04. The molecular formula is C8H19NO2S2. The Bertz CT molecular complexity index is 214. The Hall–Kier alpha value is 0.260. The van der Waals surface area contributed by atoms with Crippen LogP contribution in [0.25, 0.3) is 0 Å². The highest BCUT2D eigenvalue weighted by Gasteiger charge is 2.10. The molecule has 0 saturated carbocycles. The molecule has 0 spiro atoms. The van der Waals surface area contributed by atoms with Gasteiger partial charge in [-0.2, -0.15) is 11.8 Å². The van der Waals surface area contributed by atoms with Crippen molar-refractivity contribution in [2.24, 2.45) is 0 Å². The molecule has 0 aliphatic heterocycles. The molecule has 0 aromatic carbocycles. The number of thioether (sulfide) groups is 1. The van der Waals surface area contributed by atoms with Gasteiger partial charge in [-0.05, 0) is 31.8 Å². The van der Waals surface area contributed by atoms with Crippen LogP contribution in [-0.4, -0.2) is 31.7 Å². The fraction of sp³-hybridized carbons (Fsp3) is 1.00. The van der Waals surface area contributed by atoms with Gasteiger partial charge in [0, 0.05) is 6.04 Å². The third kappa shape index (κ3) is 7.34. The summed E-state index contributed by atoms with van der Waals surface area (Å²) in [6, 6.07) is 0.0593. The normalized spacial score (nSPS) is 14.4. The molecule has 0 heterocycles. The van der Waals surface area contributed by atoms with Gasteiger partial charge in [-0.1, -0.05) is 6.92 Å². The summed E-state index contributed by atoms with van der Waals surface area (Å²) in [5, 5.41) is 0. The molecule has 0 aliphatic carbocycles. The van der Waals surface area contributed by atoms with Crippen molar-refractivity contribution in [3.05, 3.63) is 0 Å². The third-order valence-corrected chi connectivity index (χ3v) is 4.11. The van der Waals surface area contributed by atoms with Gasteiger partial charge in [0.1, 0.15) is 0 Å². The summed E-state index contributed by atoms with van der Waals surface area (Å²) in [6.07, 6.45) is 0.901. The Morgan fingerprint density at radius 3 is 2.46 bits per heavy atom. The minimum Gasteiger partial charge on any atom is -0.212 e. The topological polar surface area (TPSA) is 46.2 Å². The number of nitrogens with one attached hydrogen (secondary N) is 1. The highest BCUT2D eigenvalue weighted by Crippen LogP contribution is 2.04. The second-order valence-corrected chi connectivity index (χ2v) is 6.34. The molecule has 3 nitrogen and oxygen atoms in total. The molecule has 0 aromatic rings. The quantitative estimate of drug-likeness (QED) is 0.667. The Balaban J connectivity index is 3.68. The predicted molar refractivity (Wildman–Crippen MR) is 59.7 cm³/mol. The summed E-state index contributed by atoms with van der Waals surface area (Å²) in [6.45, 7) is 5.66. The van der Waals surface area contributed by atoms with E-state index in [9.17, 15) is 8.42 Å². The number of hydrogen-bond donors (Lipinski definition) is 1. The largest absolute Gasteiger partial charge is 0.212 e. The fourth-order valence-corrected chi connectivity index (χ4v) is 2.56. The molecular weight excluding hydrogens is 206 g/mol. The van der Waals surface area contributed by atoms with Crippen LogP contribution in [0.15, 0.2) is 0 Å². The van der Waals surface area contributed by atoms with Crippen molar-refractivity contribution in [1.29, 1.82) is 0 Å². The zero-order chi connectivity index (χ0) is 10.3. The van der Waals surface area contributed by atoms with Gasteiger partial charge in [-0.3, -0.25) is 0 Å². The molecule has 0 radical (unpaired) electrons. The van der Waals surface area contributed by atoms with E-state index in [-0.39, 0.29) is 11.8 Å². The van der Waals surface area contributed by atoms with Crippen LogP contribution >= 0.6 is 11.8 Å². The first-order valence-electron chi connectivity index (χ1n) is 4.59. The zero-order valence-electron chi connectivity index (χ0n) is 8.54. The molecule has 0 rings (SSSR count). The van der Waals surface area contributed by atoms with Gasteiger partial charge < -0.3 is 0 Å². The maximum Gasteiger partial charge on any atom is 0.211 e. The maximum atomic E-state index is 11.1. The van der Waals surface area contributed by atoms with Crippen molar-refractivity contribution in [3.8, 4) is 0 Å². The average molecular weight is 225 g/mol. The summed E-state index contributed by atoms with van der Waals surface area (Å²) in [5.41, 5.74) is 0. The molecule has 1 unspecified atom stereocenters. The van der Waals surface area contributed by atoms with Crippen molar-refractivity contribution >= 4 is 21.8 Å². The van der Waals surface area contributed by atoms with Gasteiger partial charge in [0.2, 0.25) is 10.0 Å². The maximum absolute atomic E-state index is 11.1. The van der Waals surface area contributed by atoms with Crippen molar-refractivity contribution in [3.63, 3.8) is 0 Å². The lowest BCUT2D eigenvalue weighted by Crippen LogP contribution is -2.34. The van der Waals surface area contributed by atoms with E-state index in [1.807, 2.05) is 18.7 Å². The van der Waals surface area contributed by atoms with E-state index in [0.29, 0.717) is 0 Å². The third-order valence-electron chi connectivity index (χ3n) is 1.66. The van der Waals surface area contributed by atoms with E-state index in [2.05, 4.69) is 11.6 Å². The van der Waals surface area contributed by atoms with Crippen molar-refractivity contribution in [2.45, 2.75) is 33.2 Å². The smallest absolute Gasteiger partial charge is 0.211 e. The molecule has 1 atom stereocenters. The molecule has 0 bridgehead atoms. The molecule has 0 aliphatic rings. The van der Waals surface area contributed by atoms with Crippen molar-refractivity contribution in [1.82, 2.24) is 4.72 Å². The van der Waals surface area contributed by atoms with Gasteiger partial charge in [0.25, 0.3) is 0 Å². The molecule has 80 valence electrons. The van der Waals surface area contributed by atoms with Crippen LogP contribution in [0.3, 0.4) is 0 Å². The lowest BCUT2D eigenvalue weighted by Gasteiger charge is -2.12. The van der Waals surface area contributed by atoms with Crippen LogP contribution < -0.4 is 4.72 Å². The number of rotatable bonds is 7. The summed E-state index contributed by atoms with van der Waals surface area (Å²) in [5.74, 6) is 2.27. The van der Waals surface area contributed by atoms with Crippen LogP contribution in [0.1, 0.15) is 27.2 Å². The molecule has 0 fully saturated rings. The van der Waals surface area contributed by atoms with Crippen molar-refractivity contribution < 1.29 is 8.42 Å². The SMILES string of the molecule is CCSCCC(C)NS(=O)(=O)CC. The van der Waals surface area contributed by atoms with E-state index in [1.54, 1.807) is 6.92 Å². The lowest BCUT2D eigenvalue weighted by molar-refractivity contribution is 0.558. The van der Waals surface area contributed by atoms with E-state index >= 15 is 0 Å². The van der Waals surface area contributed by atoms with Crippen molar-refractivity contribution in [2.75, 3.05) is 17.3 Å². The first-order chi connectivity index (χ1) is 6.02. The monoisotopic (exact) mass is 225 g/mol. The first kappa shape index (κ1) is 13.3. The number of sulfonamides is 1. The molecule has 13 heavy (non-hydrogen) atoms. The Morgan fingerprint density at radius 2 is 2.00 bits per heavy atom. The standard InChI is InChI=1S/C8H19NO2S2/c1-4-12-7-6-8(3)9-13(10,11)5-2/h8-9H,4-7H2,1-3H3. The minimum atomic E-state index is -3.02. The van der Waals surface area contributed by atoms with Crippen LogP contribution in [-0.2, 0) is 10.0 Å². The molecule has 0 amide bonds. The van der Waals surface area contributed by atoms with Crippen LogP contribution in [0.5, 0.6) is 0 Å². The second kappa shape index (κ2) is 6.68. The Labute approximate surface area is 85.7 Å². The Kier molecular flexibility index (Phi) is 6.81. The van der Waals surface area contributed by atoms with E-state index < -0.39 is 10.0 Å². The highest BCUT2D eigenvalue weighted by molar-refractivity contribution is 7.99. The van der Waals surface area contributed by atoms with Crippen LogP contribution in [0, 0.1) is 0 Å². The minimum absolute atomic E-state index is 0.0593. The Morgan fingerprint density at radius 1 is 1.38 bits per heavy atom. The van der Waals surface area contributed by atoms with Crippen LogP contribution in [0.2, 0.25) is 0 Å². The number of hydrogen-bond acceptors (Lipinski definition) is 3. The highest BCUT2D eigenvalue weighted by atomic mass is 32.2. The van der Waals surface area contributed by atoms with Gasteiger partial charge in [0.05, 0.1) is 5.75 Å². The molecule has 5 heteroatoms. The molecule has 0 saturated heterocycles. The summed E-state index contributed by atoms with van der Waals surface area (Å²) in [7, 11) is -3.02. The summed E-state index contributed by atoms with van der Waals surface area (Å²) in [4.78, 5) is 0. The fourth-order valence-electron chi connectivity index (χ4n) is 0.853. The second-order valence-electron chi connectivity index (χ2n) is 2.91. The van der Waals surface area contributed by atoms with Gasteiger partial charge in [-0.25, -0.2) is 13.1 Å². The zero-order valence-corrected chi connectivity index (χ0v) is 10.2. The van der Waals surface area contributed by atoms with Gasteiger partial charge in [0.15, 0.2) is 0 Å². The lowest BCUT2D eigenvalue weighted by atomic mass is 10.3. The summed E-state index contributed by atoms with van der Waals surface area (Å²) >= 11 is 1.84. The van der Waals surface area contributed by atoms with E-state index in [0.717, 1.165) is 17.9 Å². The molecule has 1 N–H and O–H groups in total. The van der Waals surface area contributed by atoms with E-state index in [4.69, 9.17) is 0 Å². The predicted octanol–water partition coefficient (Wildman–Crippen LogP) is 1.46.